The van der Waals surface area contributed by atoms with Crippen LogP contribution in [0.2, 0.25) is 0 Å². The molecule has 0 saturated carbocycles. The molecule has 0 saturated heterocycles. The van der Waals surface area contributed by atoms with Crippen molar-refractivity contribution in [2.75, 3.05) is 20.6 Å². The number of pyridine rings is 1. The van der Waals surface area contributed by atoms with E-state index in [1.807, 2.05) is 12.3 Å². The molecule has 0 fully saturated rings. The summed E-state index contributed by atoms with van der Waals surface area (Å²) >= 11 is 0. The van der Waals surface area contributed by atoms with Crippen molar-refractivity contribution in [2.24, 2.45) is 0 Å². The maximum absolute atomic E-state index is 4.57. The van der Waals surface area contributed by atoms with Gasteiger partial charge >= 0.3 is 0 Å². The molecule has 3 heteroatoms. The van der Waals surface area contributed by atoms with Crippen LogP contribution in [0.5, 0.6) is 0 Å². The lowest BCUT2D eigenvalue weighted by Crippen LogP contribution is -2.17. The largest absolute Gasteiger partial charge is 0.325 e. The van der Waals surface area contributed by atoms with E-state index < -0.39 is 0 Å². The maximum atomic E-state index is 4.57. The smallest absolute Gasteiger partial charge is 0.140 e. The number of nitrogens with zero attached hydrogens (tertiary/aromatic N) is 3. The minimum atomic E-state index is 0.879. The first kappa shape index (κ1) is 13.8. The van der Waals surface area contributed by atoms with Gasteiger partial charge in [-0.25, -0.2) is 4.98 Å². The molecule has 0 spiro atoms. The topological polar surface area (TPSA) is 21.1 Å². The van der Waals surface area contributed by atoms with Crippen molar-refractivity contribution in [1.29, 1.82) is 0 Å². The zero-order valence-electron chi connectivity index (χ0n) is 12.7. The molecule has 0 aliphatic carbocycles. The lowest BCUT2D eigenvalue weighted by Gasteiger charge is -2.13. The summed E-state index contributed by atoms with van der Waals surface area (Å²) in [6.07, 6.45) is 2.91. The van der Waals surface area contributed by atoms with Crippen molar-refractivity contribution in [3.63, 3.8) is 0 Å². The van der Waals surface area contributed by atoms with E-state index in [9.17, 15) is 0 Å². The Kier molecular flexibility index (Phi) is 4.02. The summed E-state index contributed by atoms with van der Waals surface area (Å²) < 4.78 is 2.34. The van der Waals surface area contributed by atoms with Crippen LogP contribution in [0.15, 0.2) is 54.7 Å². The third-order valence-electron chi connectivity index (χ3n) is 3.74. The van der Waals surface area contributed by atoms with Crippen LogP contribution < -0.4 is 0 Å². The number of hydrogen-bond acceptors (Lipinski definition) is 2. The molecule has 0 unspecified atom stereocenters. The molecule has 0 aliphatic rings. The summed E-state index contributed by atoms with van der Waals surface area (Å²) in [6.45, 7) is 1.93. The van der Waals surface area contributed by atoms with Crippen LogP contribution in [0.1, 0.15) is 11.3 Å². The zero-order chi connectivity index (χ0) is 14.7. The Morgan fingerprint density at radius 2 is 1.86 bits per heavy atom. The molecule has 21 heavy (non-hydrogen) atoms. The van der Waals surface area contributed by atoms with Crippen LogP contribution in [0.25, 0.3) is 11.0 Å². The second-order valence-corrected chi connectivity index (χ2v) is 5.68. The number of aromatic nitrogens is 2. The minimum absolute atomic E-state index is 0.879. The lowest BCUT2D eigenvalue weighted by molar-refractivity contribution is 0.409. The summed E-state index contributed by atoms with van der Waals surface area (Å²) in [5, 5.41) is 1.22. The molecule has 0 atom stereocenters. The fourth-order valence-electron chi connectivity index (χ4n) is 2.63. The fourth-order valence-corrected chi connectivity index (χ4v) is 2.63. The Balaban J connectivity index is 1.99. The van der Waals surface area contributed by atoms with Gasteiger partial charge in [0.15, 0.2) is 0 Å². The Labute approximate surface area is 125 Å². The summed E-state index contributed by atoms with van der Waals surface area (Å²) in [5.41, 5.74) is 3.74. The summed E-state index contributed by atoms with van der Waals surface area (Å²) in [4.78, 5) is 6.79. The zero-order valence-corrected chi connectivity index (χ0v) is 12.7. The molecule has 2 heterocycles. The highest BCUT2D eigenvalue weighted by molar-refractivity contribution is 5.77. The molecular weight excluding hydrogens is 258 g/mol. The van der Waals surface area contributed by atoms with E-state index in [-0.39, 0.29) is 0 Å². The maximum Gasteiger partial charge on any atom is 0.140 e. The second kappa shape index (κ2) is 6.10. The van der Waals surface area contributed by atoms with Crippen LogP contribution >= 0.6 is 0 Å². The molecule has 0 radical (unpaired) electrons. The Morgan fingerprint density at radius 1 is 1.05 bits per heavy atom. The Bertz CT molecular complexity index is 714. The SMILES string of the molecule is CN(C)CCc1cc2cccnc2n1Cc1ccccc1. The van der Waals surface area contributed by atoms with Gasteiger partial charge in [-0.2, -0.15) is 0 Å². The van der Waals surface area contributed by atoms with Gasteiger partial charge in [0.05, 0.1) is 0 Å². The predicted molar refractivity (Wildman–Crippen MR) is 87.5 cm³/mol. The normalized spacial score (nSPS) is 11.4. The van der Waals surface area contributed by atoms with Gasteiger partial charge in [-0.1, -0.05) is 30.3 Å². The van der Waals surface area contributed by atoms with Crippen LogP contribution in [-0.4, -0.2) is 35.1 Å². The van der Waals surface area contributed by atoms with Crippen LogP contribution in [0.3, 0.4) is 0 Å². The molecule has 1 aromatic carbocycles. The molecule has 0 N–H and O–H groups in total. The first-order valence-electron chi connectivity index (χ1n) is 7.36. The number of likely N-dealkylation sites (N-methyl/N-ethyl adjacent to an activating group) is 1. The number of fused-ring (bicyclic) bond motifs is 1. The predicted octanol–water partition coefficient (Wildman–Crippen LogP) is 3.19. The molecule has 0 amide bonds. The third-order valence-corrected chi connectivity index (χ3v) is 3.74. The molecule has 0 bridgehead atoms. The van der Waals surface area contributed by atoms with Crippen molar-refractivity contribution < 1.29 is 0 Å². The summed E-state index contributed by atoms with van der Waals surface area (Å²) in [6, 6.07) is 17.0. The summed E-state index contributed by atoms with van der Waals surface area (Å²) in [5.74, 6) is 0. The molecule has 108 valence electrons. The highest BCUT2D eigenvalue weighted by Gasteiger charge is 2.10. The van der Waals surface area contributed by atoms with Crippen molar-refractivity contribution in [3.8, 4) is 0 Å². The van der Waals surface area contributed by atoms with Gasteiger partial charge in [-0.05, 0) is 37.9 Å². The molecule has 3 nitrogen and oxygen atoms in total. The lowest BCUT2D eigenvalue weighted by atomic mass is 10.2. The van der Waals surface area contributed by atoms with Crippen molar-refractivity contribution in [3.05, 3.63) is 66.0 Å². The molecule has 2 aromatic heterocycles. The van der Waals surface area contributed by atoms with Gasteiger partial charge in [0.2, 0.25) is 0 Å². The fraction of sp³-hybridized carbons (Fsp3) is 0.278. The third kappa shape index (κ3) is 3.14. The Hall–Kier alpha value is -2.13. The number of benzene rings is 1. The molecular formula is C18H21N3. The number of rotatable bonds is 5. The summed E-state index contributed by atoms with van der Waals surface area (Å²) in [7, 11) is 4.23. The molecule has 0 aliphatic heterocycles. The van der Waals surface area contributed by atoms with Gasteiger partial charge in [0.25, 0.3) is 0 Å². The monoisotopic (exact) mass is 279 g/mol. The van der Waals surface area contributed by atoms with Gasteiger partial charge in [-0.15, -0.1) is 0 Å². The highest BCUT2D eigenvalue weighted by Crippen LogP contribution is 2.20. The molecule has 3 aromatic rings. The van der Waals surface area contributed by atoms with E-state index in [0.717, 1.165) is 25.2 Å². The van der Waals surface area contributed by atoms with Gasteiger partial charge < -0.3 is 9.47 Å². The first-order valence-corrected chi connectivity index (χ1v) is 7.36. The van der Waals surface area contributed by atoms with E-state index in [1.165, 1.54) is 16.6 Å². The van der Waals surface area contributed by atoms with Gasteiger partial charge in [0.1, 0.15) is 5.65 Å². The first-order chi connectivity index (χ1) is 10.2. The van der Waals surface area contributed by atoms with Crippen molar-refractivity contribution >= 4 is 11.0 Å². The van der Waals surface area contributed by atoms with Crippen LogP contribution in [-0.2, 0) is 13.0 Å². The van der Waals surface area contributed by atoms with E-state index >= 15 is 0 Å². The van der Waals surface area contributed by atoms with Crippen molar-refractivity contribution in [2.45, 2.75) is 13.0 Å². The van der Waals surface area contributed by atoms with Crippen LogP contribution in [0.4, 0.5) is 0 Å². The highest BCUT2D eigenvalue weighted by atomic mass is 15.1. The average Bonchev–Trinajstić information content (AvgIpc) is 2.84. The van der Waals surface area contributed by atoms with Crippen LogP contribution in [0, 0.1) is 0 Å². The minimum Gasteiger partial charge on any atom is -0.325 e. The van der Waals surface area contributed by atoms with E-state index in [2.05, 4.69) is 71.0 Å². The quantitative estimate of drug-likeness (QED) is 0.715. The van der Waals surface area contributed by atoms with E-state index in [1.54, 1.807) is 0 Å². The standard InChI is InChI=1S/C18H21N3/c1-20(2)12-10-17-13-16-9-6-11-19-18(16)21(17)14-15-7-4-3-5-8-15/h3-9,11,13H,10,12,14H2,1-2H3. The van der Waals surface area contributed by atoms with Gasteiger partial charge in [0, 0.05) is 36.8 Å². The van der Waals surface area contributed by atoms with Crippen molar-refractivity contribution in [1.82, 2.24) is 14.5 Å². The number of hydrogen-bond donors (Lipinski definition) is 0. The second-order valence-electron chi connectivity index (χ2n) is 5.68. The average molecular weight is 279 g/mol. The molecule has 3 rings (SSSR count). The van der Waals surface area contributed by atoms with E-state index in [0.29, 0.717) is 0 Å². The van der Waals surface area contributed by atoms with E-state index in [4.69, 9.17) is 0 Å². The van der Waals surface area contributed by atoms with Gasteiger partial charge in [-0.3, -0.25) is 0 Å². The Morgan fingerprint density at radius 3 is 2.62 bits per heavy atom.